The van der Waals surface area contributed by atoms with Crippen LogP contribution in [0.25, 0.3) is 0 Å². The number of allylic oxidation sites excluding steroid dienone is 5. The summed E-state index contributed by atoms with van der Waals surface area (Å²) in [5.41, 5.74) is 1.17. The molecule has 13 heavy (non-hydrogen) atoms. The monoisotopic (exact) mass is 177 g/mol. The fourth-order valence-corrected chi connectivity index (χ4v) is 1.10. The molecule has 0 amide bonds. The average Bonchev–Trinajstić information content (AvgIpc) is 2.42. The van der Waals surface area contributed by atoms with E-state index in [9.17, 15) is 4.79 Å². The number of rotatable bonds is 4. The molecular formula is C11H15NO. The first-order chi connectivity index (χ1) is 6.33. The van der Waals surface area contributed by atoms with Gasteiger partial charge >= 0.3 is 0 Å². The van der Waals surface area contributed by atoms with Crippen LogP contribution < -0.4 is 5.32 Å². The van der Waals surface area contributed by atoms with Crippen molar-refractivity contribution in [3.63, 3.8) is 0 Å². The second-order valence-corrected chi connectivity index (χ2v) is 3.23. The first-order valence-electron chi connectivity index (χ1n) is 4.57. The van der Waals surface area contributed by atoms with Crippen LogP contribution in [0.2, 0.25) is 0 Å². The standard InChI is InChI=1S/C11H15NO/c1-10(9-13)6-7-11-5-3-2-4-8-12-11/h2-5,8-10,12H,6-7H2,1H3. The van der Waals surface area contributed by atoms with Gasteiger partial charge in [-0.15, -0.1) is 0 Å². The minimum atomic E-state index is 0.152. The highest BCUT2D eigenvalue weighted by atomic mass is 16.1. The summed E-state index contributed by atoms with van der Waals surface area (Å²) in [6.45, 7) is 1.94. The second kappa shape index (κ2) is 5.36. The second-order valence-electron chi connectivity index (χ2n) is 3.23. The molecule has 70 valence electrons. The number of hydrogen-bond acceptors (Lipinski definition) is 2. The minimum Gasteiger partial charge on any atom is -0.365 e. The first kappa shape index (κ1) is 9.78. The summed E-state index contributed by atoms with van der Waals surface area (Å²) in [4.78, 5) is 10.4. The van der Waals surface area contributed by atoms with Crippen molar-refractivity contribution in [3.05, 3.63) is 36.2 Å². The third-order valence-corrected chi connectivity index (χ3v) is 1.99. The Kier molecular flexibility index (Phi) is 4.03. The molecule has 0 fully saturated rings. The summed E-state index contributed by atoms with van der Waals surface area (Å²) < 4.78 is 0. The van der Waals surface area contributed by atoms with E-state index in [0.717, 1.165) is 19.1 Å². The Labute approximate surface area is 79.0 Å². The van der Waals surface area contributed by atoms with E-state index in [-0.39, 0.29) is 5.92 Å². The summed E-state index contributed by atoms with van der Waals surface area (Å²) in [7, 11) is 0. The maximum absolute atomic E-state index is 10.4. The molecule has 1 aliphatic rings. The van der Waals surface area contributed by atoms with E-state index >= 15 is 0 Å². The SMILES string of the molecule is CC(C=O)CCC1=CC=CC=CN1. The third kappa shape index (κ3) is 3.74. The van der Waals surface area contributed by atoms with Gasteiger partial charge in [0.05, 0.1) is 0 Å². The van der Waals surface area contributed by atoms with Gasteiger partial charge in [0.25, 0.3) is 0 Å². The van der Waals surface area contributed by atoms with Crippen LogP contribution in [0.1, 0.15) is 19.8 Å². The Balaban J connectivity index is 2.36. The Bertz CT molecular complexity index is 251. The number of aldehydes is 1. The largest absolute Gasteiger partial charge is 0.365 e. The number of nitrogens with one attached hydrogen (secondary N) is 1. The molecule has 0 aliphatic carbocycles. The highest BCUT2D eigenvalue weighted by Crippen LogP contribution is 2.09. The molecule has 0 aromatic heterocycles. The van der Waals surface area contributed by atoms with Crippen molar-refractivity contribution in [3.8, 4) is 0 Å². The molecule has 1 heterocycles. The van der Waals surface area contributed by atoms with E-state index in [4.69, 9.17) is 0 Å². The molecule has 0 aromatic carbocycles. The molecule has 0 aromatic rings. The summed E-state index contributed by atoms with van der Waals surface area (Å²) in [6, 6.07) is 0. The van der Waals surface area contributed by atoms with Crippen LogP contribution in [0.4, 0.5) is 0 Å². The van der Waals surface area contributed by atoms with Crippen molar-refractivity contribution < 1.29 is 4.79 Å². The van der Waals surface area contributed by atoms with Gasteiger partial charge in [0.2, 0.25) is 0 Å². The van der Waals surface area contributed by atoms with Gasteiger partial charge in [0, 0.05) is 17.8 Å². The van der Waals surface area contributed by atoms with Gasteiger partial charge in [-0.1, -0.05) is 19.1 Å². The summed E-state index contributed by atoms with van der Waals surface area (Å²) in [5, 5.41) is 3.16. The molecule has 1 aliphatic heterocycles. The number of hydrogen-bond donors (Lipinski definition) is 1. The van der Waals surface area contributed by atoms with Crippen LogP contribution in [0.3, 0.4) is 0 Å². The Morgan fingerprint density at radius 2 is 2.31 bits per heavy atom. The number of carbonyl (C=O) groups is 1. The molecule has 1 N–H and O–H groups in total. The molecule has 0 bridgehead atoms. The van der Waals surface area contributed by atoms with E-state index in [1.165, 1.54) is 5.70 Å². The lowest BCUT2D eigenvalue weighted by atomic mass is 10.1. The molecule has 0 spiro atoms. The minimum absolute atomic E-state index is 0.152. The van der Waals surface area contributed by atoms with Crippen LogP contribution in [0.15, 0.2) is 36.2 Å². The predicted octanol–water partition coefficient (Wildman–Crippen LogP) is 2.16. The van der Waals surface area contributed by atoms with Crippen LogP contribution >= 0.6 is 0 Å². The molecule has 1 rings (SSSR count). The maximum Gasteiger partial charge on any atom is 0.122 e. The highest BCUT2D eigenvalue weighted by Gasteiger charge is 2.01. The molecule has 1 atom stereocenters. The van der Waals surface area contributed by atoms with Crippen molar-refractivity contribution in [1.82, 2.24) is 5.32 Å². The quantitative estimate of drug-likeness (QED) is 0.667. The van der Waals surface area contributed by atoms with E-state index < -0.39 is 0 Å². The lowest BCUT2D eigenvalue weighted by molar-refractivity contribution is -0.110. The maximum atomic E-state index is 10.4. The molecule has 2 nitrogen and oxygen atoms in total. The first-order valence-corrected chi connectivity index (χ1v) is 4.57. The van der Waals surface area contributed by atoms with Crippen LogP contribution in [0, 0.1) is 5.92 Å². The molecule has 0 radical (unpaired) electrons. The Morgan fingerprint density at radius 3 is 3.08 bits per heavy atom. The van der Waals surface area contributed by atoms with Gasteiger partial charge in [-0.3, -0.25) is 0 Å². The summed E-state index contributed by atoms with van der Waals surface area (Å²) >= 11 is 0. The smallest absolute Gasteiger partial charge is 0.122 e. The van der Waals surface area contributed by atoms with E-state index in [1.807, 2.05) is 37.4 Å². The molecule has 0 saturated heterocycles. The lowest BCUT2D eigenvalue weighted by Crippen LogP contribution is -2.06. The van der Waals surface area contributed by atoms with E-state index in [1.54, 1.807) is 0 Å². The van der Waals surface area contributed by atoms with Crippen LogP contribution in [-0.2, 0) is 4.79 Å². The van der Waals surface area contributed by atoms with E-state index in [2.05, 4.69) is 5.32 Å². The van der Waals surface area contributed by atoms with Gasteiger partial charge < -0.3 is 10.1 Å². The summed E-state index contributed by atoms with van der Waals surface area (Å²) in [6.07, 6.45) is 12.7. The molecular weight excluding hydrogens is 162 g/mol. The predicted molar refractivity (Wildman–Crippen MR) is 54.0 cm³/mol. The van der Waals surface area contributed by atoms with Crippen molar-refractivity contribution in [1.29, 1.82) is 0 Å². The van der Waals surface area contributed by atoms with Gasteiger partial charge in [-0.25, -0.2) is 0 Å². The highest BCUT2D eigenvalue weighted by molar-refractivity contribution is 5.52. The van der Waals surface area contributed by atoms with Gasteiger partial charge in [-0.05, 0) is 25.0 Å². The average molecular weight is 177 g/mol. The zero-order chi connectivity index (χ0) is 9.52. The van der Waals surface area contributed by atoms with Crippen LogP contribution in [-0.4, -0.2) is 6.29 Å². The topological polar surface area (TPSA) is 29.1 Å². The van der Waals surface area contributed by atoms with Crippen molar-refractivity contribution in [2.75, 3.05) is 0 Å². The van der Waals surface area contributed by atoms with Gasteiger partial charge in [0.15, 0.2) is 0 Å². The zero-order valence-electron chi connectivity index (χ0n) is 7.86. The van der Waals surface area contributed by atoms with Crippen molar-refractivity contribution in [2.24, 2.45) is 5.92 Å². The fraction of sp³-hybridized carbons (Fsp3) is 0.364. The van der Waals surface area contributed by atoms with Gasteiger partial charge in [-0.2, -0.15) is 0 Å². The van der Waals surface area contributed by atoms with Gasteiger partial charge in [0.1, 0.15) is 6.29 Å². The third-order valence-electron chi connectivity index (χ3n) is 1.99. The molecule has 1 unspecified atom stereocenters. The molecule has 0 saturated carbocycles. The Morgan fingerprint density at radius 1 is 1.46 bits per heavy atom. The normalized spacial score (nSPS) is 17.2. The Hall–Kier alpha value is -1.31. The summed E-state index contributed by atoms with van der Waals surface area (Å²) in [5.74, 6) is 0.152. The van der Waals surface area contributed by atoms with Crippen molar-refractivity contribution in [2.45, 2.75) is 19.8 Å². The lowest BCUT2D eigenvalue weighted by Gasteiger charge is -2.07. The number of carbonyl (C=O) groups excluding carboxylic acids is 1. The fourth-order valence-electron chi connectivity index (χ4n) is 1.10. The van der Waals surface area contributed by atoms with Crippen molar-refractivity contribution >= 4 is 6.29 Å². The zero-order valence-corrected chi connectivity index (χ0v) is 7.86. The van der Waals surface area contributed by atoms with Crippen LogP contribution in [0.5, 0.6) is 0 Å². The van der Waals surface area contributed by atoms with E-state index in [0.29, 0.717) is 0 Å². The molecule has 2 heteroatoms.